The van der Waals surface area contributed by atoms with Crippen LogP contribution in [0.3, 0.4) is 0 Å². The number of allylic oxidation sites excluding steroid dienone is 1. The molecule has 23 heavy (non-hydrogen) atoms. The average Bonchev–Trinajstić information content (AvgIpc) is 2.51. The number of phenolic OH excluding ortho intramolecular Hbond substituents is 1. The van der Waals surface area contributed by atoms with Crippen molar-refractivity contribution in [2.24, 2.45) is 0 Å². The highest BCUT2D eigenvalue weighted by Crippen LogP contribution is 2.33. The molecular weight excluding hydrogens is 300 g/mol. The van der Waals surface area contributed by atoms with Gasteiger partial charge in [0.15, 0.2) is 5.75 Å². The molecule has 0 atom stereocenters. The molecule has 0 unspecified atom stereocenters. The summed E-state index contributed by atoms with van der Waals surface area (Å²) in [6, 6.07) is 12.1. The molecule has 2 aromatic carbocycles. The number of hydrogen-bond donors (Lipinski definition) is 1. The summed E-state index contributed by atoms with van der Waals surface area (Å²) in [7, 11) is 0. The summed E-state index contributed by atoms with van der Waals surface area (Å²) < 4.78 is 0. The number of benzene rings is 2. The molecule has 2 rings (SSSR count). The van der Waals surface area contributed by atoms with Gasteiger partial charge < -0.3 is 5.11 Å². The van der Waals surface area contributed by atoms with Gasteiger partial charge >= 0.3 is 5.69 Å². The summed E-state index contributed by atoms with van der Waals surface area (Å²) >= 11 is 0. The van der Waals surface area contributed by atoms with Crippen LogP contribution in [-0.4, -0.2) is 15.0 Å². The van der Waals surface area contributed by atoms with Gasteiger partial charge in [0.25, 0.3) is 5.69 Å². The van der Waals surface area contributed by atoms with E-state index in [0.29, 0.717) is 0 Å². The fourth-order valence-electron chi connectivity index (χ4n) is 1.77. The van der Waals surface area contributed by atoms with E-state index in [1.165, 1.54) is 12.5 Å². The Hall–Kier alpha value is -3.22. The summed E-state index contributed by atoms with van der Waals surface area (Å²) in [4.78, 5) is 19.1. The lowest BCUT2D eigenvalue weighted by molar-refractivity contribution is -0.394. The van der Waals surface area contributed by atoms with E-state index in [1.807, 2.05) is 24.3 Å². The second-order valence-electron chi connectivity index (χ2n) is 4.62. The lowest BCUT2D eigenvalue weighted by atomic mass is 10.1. The highest BCUT2D eigenvalue weighted by Gasteiger charge is 2.21. The predicted molar refractivity (Wildman–Crippen MR) is 86.5 cm³/mol. The third-order valence-electron chi connectivity index (χ3n) is 2.90. The molecule has 0 radical (unpaired) electrons. The van der Waals surface area contributed by atoms with Gasteiger partial charge in [-0.2, -0.15) is 0 Å². The molecule has 0 aliphatic carbocycles. The Morgan fingerprint density at radius 3 is 2.22 bits per heavy atom. The van der Waals surface area contributed by atoms with Crippen molar-refractivity contribution < 1.29 is 15.0 Å². The summed E-state index contributed by atoms with van der Waals surface area (Å²) in [5.74, 6) is -0.541. The number of aryl methyl sites for hydroxylation is 1. The van der Waals surface area contributed by atoms with Gasteiger partial charge in [0.2, 0.25) is 0 Å². The number of hydrogen-bond acceptors (Lipinski definition) is 5. The van der Waals surface area contributed by atoms with Crippen LogP contribution in [0.2, 0.25) is 0 Å². The van der Waals surface area contributed by atoms with Gasteiger partial charge in [-0.3, -0.25) is 20.2 Å². The highest BCUT2D eigenvalue weighted by atomic mass is 16.6. The quantitative estimate of drug-likeness (QED) is 0.522. The van der Waals surface area contributed by atoms with Crippen LogP contribution in [0, 0.1) is 27.2 Å². The van der Waals surface area contributed by atoms with Crippen LogP contribution in [0.25, 0.3) is 0 Å². The van der Waals surface area contributed by atoms with Crippen molar-refractivity contribution in [1.82, 2.24) is 0 Å². The Labute approximate surface area is 132 Å². The van der Waals surface area contributed by atoms with Crippen molar-refractivity contribution in [2.75, 3.05) is 0 Å². The third-order valence-corrected chi connectivity index (χ3v) is 2.90. The van der Waals surface area contributed by atoms with Gasteiger partial charge in [0.05, 0.1) is 15.9 Å². The maximum absolute atomic E-state index is 10.4. The number of rotatable bonds is 4. The molecule has 1 N–H and O–H groups in total. The van der Waals surface area contributed by atoms with E-state index < -0.39 is 27.0 Å². The summed E-state index contributed by atoms with van der Waals surface area (Å²) in [6.07, 6.45) is 2.89. The second kappa shape index (κ2) is 8.28. The SMILES string of the molecule is C=CCc1ccccc1.Cc1cc([N+](=O)[O-])cc([N+](=O)[O-])c1O. The van der Waals surface area contributed by atoms with Gasteiger partial charge in [0, 0.05) is 11.6 Å². The minimum absolute atomic E-state index is 0.103. The molecule has 120 valence electrons. The zero-order valence-corrected chi connectivity index (χ0v) is 12.5. The fraction of sp³-hybridized carbons (Fsp3) is 0.125. The largest absolute Gasteiger partial charge is 0.502 e. The van der Waals surface area contributed by atoms with Crippen LogP contribution < -0.4 is 0 Å². The Morgan fingerprint density at radius 2 is 1.74 bits per heavy atom. The standard InChI is InChI=1S/C9H10.C7H6N2O5/c1-2-6-9-7-4-3-5-8-9;1-4-2-5(8(11)12)3-6(7(4)10)9(13)14/h2-5,7-8H,1,6H2;2-3,10H,1H3. The van der Waals surface area contributed by atoms with E-state index in [0.717, 1.165) is 18.6 Å². The zero-order valence-electron chi connectivity index (χ0n) is 12.5. The maximum atomic E-state index is 10.4. The molecular formula is C16H16N2O5. The molecule has 2 aromatic rings. The number of nitro groups is 2. The Kier molecular flexibility index (Phi) is 6.42. The van der Waals surface area contributed by atoms with Gasteiger partial charge in [-0.25, -0.2) is 0 Å². The first-order valence-electron chi connectivity index (χ1n) is 6.64. The zero-order chi connectivity index (χ0) is 17.4. The number of nitro benzene ring substituents is 2. The Balaban J connectivity index is 0.000000253. The average molecular weight is 316 g/mol. The van der Waals surface area contributed by atoms with Crippen LogP contribution in [-0.2, 0) is 6.42 Å². The van der Waals surface area contributed by atoms with E-state index in [9.17, 15) is 25.3 Å². The normalized spacial score (nSPS) is 9.43. The number of nitrogens with zero attached hydrogens (tertiary/aromatic N) is 2. The van der Waals surface area contributed by atoms with Crippen molar-refractivity contribution in [3.63, 3.8) is 0 Å². The van der Waals surface area contributed by atoms with Crippen molar-refractivity contribution in [3.05, 3.63) is 86.5 Å². The molecule has 0 aliphatic rings. The van der Waals surface area contributed by atoms with Gasteiger partial charge in [-0.1, -0.05) is 36.4 Å². The fourth-order valence-corrected chi connectivity index (χ4v) is 1.77. The first kappa shape index (κ1) is 17.8. The number of phenols is 1. The van der Waals surface area contributed by atoms with Gasteiger partial charge in [-0.15, -0.1) is 6.58 Å². The van der Waals surface area contributed by atoms with Crippen LogP contribution in [0.4, 0.5) is 11.4 Å². The molecule has 0 amide bonds. The maximum Gasteiger partial charge on any atom is 0.317 e. The summed E-state index contributed by atoms with van der Waals surface area (Å²) in [5.41, 5.74) is 0.363. The second-order valence-corrected chi connectivity index (χ2v) is 4.62. The van der Waals surface area contributed by atoms with Crippen LogP contribution in [0.15, 0.2) is 55.1 Å². The molecule has 0 aromatic heterocycles. The van der Waals surface area contributed by atoms with Crippen molar-refractivity contribution in [3.8, 4) is 5.75 Å². The number of aromatic hydroxyl groups is 1. The van der Waals surface area contributed by atoms with E-state index in [4.69, 9.17) is 0 Å². The van der Waals surface area contributed by atoms with Crippen LogP contribution >= 0.6 is 0 Å². The monoisotopic (exact) mass is 316 g/mol. The van der Waals surface area contributed by atoms with Crippen molar-refractivity contribution in [1.29, 1.82) is 0 Å². The minimum Gasteiger partial charge on any atom is -0.502 e. The molecule has 0 fully saturated rings. The van der Waals surface area contributed by atoms with Crippen molar-refractivity contribution in [2.45, 2.75) is 13.3 Å². The Bertz CT molecular complexity index is 714. The first-order valence-corrected chi connectivity index (χ1v) is 6.64. The van der Waals surface area contributed by atoms with E-state index in [1.54, 1.807) is 0 Å². The Morgan fingerprint density at radius 1 is 1.13 bits per heavy atom. The summed E-state index contributed by atoms with van der Waals surface area (Å²) in [6.45, 7) is 5.01. The van der Waals surface area contributed by atoms with Crippen molar-refractivity contribution >= 4 is 11.4 Å². The first-order chi connectivity index (χ1) is 10.9. The van der Waals surface area contributed by atoms with Crippen LogP contribution in [0.1, 0.15) is 11.1 Å². The molecule has 0 bridgehead atoms. The molecule has 0 spiro atoms. The van der Waals surface area contributed by atoms with Crippen LogP contribution in [0.5, 0.6) is 5.75 Å². The molecule has 0 saturated carbocycles. The lowest BCUT2D eigenvalue weighted by Crippen LogP contribution is -1.94. The lowest BCUT2D eigenvalue weighted by Gasteiger charge is -1.99. The predicted octanol–water partition coefficient (Wildman–Crippen LogP) is 3.93. The topological polar surface area (TPSA) is 107 Å². The number of non-ortho nitro benzene ring substituents is 1. The molecule has 7 nitrogen and oxygen atoms in total. The molecule has 0 aliphatic heterocycles. The van der Waals surface area contributed by atoms with Gasteiger partial charge in [0.1, 0.15) is 0 Å². The van der Waals surface area contributed by atoms with E-state index >= 15 is 0 Å². The van der Waals surface area contributed by atoms with Gasteiger partial charge in [-0.05, 0) is 18.9 Å². The van der Waals surface area contributed by atoms with E-state index in [-0.39, 0.29) is 5.56 Å². The smallest absolute Gasteiger partial charge is 0.317 e. The highest BCUT2D eigenvalue weighted by molar-refractivity contribution is 5.57. The molecule has 7 heteroatoms. The third kappa shape index (κ3) is 5.24. The molecule has 0 heterocycles. The molecule has 0 saturated heterocycles. The minimum atomic E-state index is -0.866. The van der Waals surface area contributed by atoms with E-state index in [2.05, 4.69) is 18.7 Å². The summed E-state index contributed by atoms with van der Waals surface area (Å²) in [5, 5.41) is 29.9.